The van der Waals surface area contributed by atoms with Gasteiger partial charge in [0.05, 0.1) is 11.6 Å². The molecule has 3 aromatic heterocycles. The first-order valence-electron chi connectivity index (χ1n) is 12.4. The van der Waals surface area contributed by atoms with Crippen LogP contribution in [0.5, 0.6) is 0 Å². The van der Waals surface area contributed by atoms with Crippen molar-refractivity contribution in [3.63, 3.8) is 0 Å². The molecule has 0 aliphatic rings. The van der Waals surface area contributed by atoms with Crippen molar-refractivity contribution in [2.45, 2.75) is 85.5 Å². The minimum atomic E-state index is -0.199. The maximum atomic E-state index is 13.2. The molecular weight excluding hydrogens is 456 g/mol. The van der Waals surface area contributed by atoms with Gasteiger partial charge in [0.2, 0.25) is 0 Å². The lowest BCUT2D eigenvalue weighted by Crippen LogP contribution is -2.36. The number of aromatic nitrogens is 5. The molecule has 0 bridgehead atoms. The van der Waals surface area contributed by atoms with E-state index >= 15 is 0 Å². The minimum Gasteiger partial charge on any atom is -0.322 e. The standard InChI is InChI=1S/C27H36N6OS/c1-7-10-24(25-29-30-31-33(25)27(5,6)8-2)32(17-22-11-9-12-35-22)16-21-15-20-13-18(3)19(4)14-23(20)28-26(21)34/h9,11-15,24H,7-8,10,16-17H2,1-6H3,(H,28,34)/t24-/m1/s1. The SMILES string of the molecule is CCC[C@H](c1nnnn1C(C)(C)CC)N(Cc1cccs1)Cc1cc2cc(C)c(C)cc2[nH]c1=O. The fraction of sp³-hybridized carbons (Fsp3) is 0.481. The molecule has 0 aliphatic carbocycles. The highest BCUT2D eigenvalue weighted by atomic mass is 32.1. The van der Waals surface area contributed by atoms with E-state index in [4.69, 9.17) is 0 Å². The first-order valence-corrected chi connectivity index (χ1v) is 13.3. The summed E-state index contributed by atoms with van der Waals surface area (Å²) in [5.41, 5.74) is 3.79. The van der Waals surface area contributed by atoms with Crippen molar-refractivity contribution < 1.29 is 0 Å². The van der Waals surface area contributed by atoms with Crippen LogP contribution in [0.2, 0.25) is 0 Å². The molecule has 8 heteroatoms. The number of aromatic amines is 1. The third-order valence-corrected chi connectivity index (χ3v) is 7.94. The van der Waals surface area contributed by atoms with E-state index in [2.05, 4.69) is 96.6 Å². The van der Waals surface area contributed by atoms with E-state index < -0.39 is 0 Å². The van der Waals surface area contributed by atoms with Crippen molar-refractivity contribution in [3.05, 3.63) is 73.5 Å². The van der Waals surface area contributed by atoms with Gasteiger partial charge in [0.15, 0.2) is 5.82 Å². The molecule has 186 valence electrons. The fourth-order valence-corrected chi connectivity index (χ4v) is 5.20. The highest BCUT2D eigenvalue weighted by Gasteiger charge is 2.31. The topological polar surface area (TPSA) is 79.7 Å². The van der Waals surface area contributed by atoms with Gasteiger partial charge >= 0.3 is 0 Å². The van der Waals surface area contributed by atoms with Crippen LogP contribution in [0.15, 0.2) is 40.5 Å². The monoisotopic (exact) mass is 492 g/mol. The molecular formula is C27H36N6OS. The Morgan fingerprint density at radius 3 is 2.60 bits per heavy atom. The number of fused-ring (bicyclic) bond motifs is 1. The average Bonchev–Trinajstić information content (AvgIpc) is 3.51. The zero-order valence-electron chi connectivity index (χ0n) is 21.6. The van der Waals surface area contributed by atoms with E-state index in [0.29, 0.717) is 6.54 Å². The molecule has 0 amide bonds. The summed E-state index contributed by atoms with van der Waals surface area (Å²) in [5, 5.41) is 16.1. The Bertz CT molecular complexity index is 1340. The number of nitrogens with zero attached hydrogens (tertiary/aromatic N) is 5. The molecule has 0 radical (unpaired) electrons. The van der Waals surface area contributed by atoms with Crippen molar-refractivity contribution in [1.82, 2.24) is 30.1 Å². The fourth-order valence-electron chi connectivity index (χ4n) is 4.47. The van der Waals surface area contributed by atoms with Gasteiger partial charge in [0.25, 0.3) is 5.56 Å². The second-order valence-electron chi connectivity index (χ2n) is 10.1. The average molecular weight is 493 g/mol. The predicted octanol–water partition coefficient (Wildman–Crippen LogP) is 5.88. The van der Waals surface area contributed by atoms with Crippen LogP contribution in [-0.4, -0.2) is 30.1 Å². The minimum absolute atomic E-state index is 0.0159. The van der Waals surface area contributed by atoms with Crippen LogP contribution >= 0.6 is 11.3 Å². The van der Waals surface area contributed by atoms with Gasteiger partial charge in [-0.25, -0.2) is 4.68 Å². The van der Waals surface area contributed by atoms with Crippen LogP contribution < -0.4 is 5.56 Å². The van der Waals surface area contributed by atoms with Crippen LogP contribution in [0.1, 0.15) is 80.4 Å². The third kappa shape index (κ3) is 5.38. The third-order valence-electron chi connectivity index (χ3n) is 7.08. The lowest BCUT2D eigenvalue weighted by Gasteiger charge is -2.33. The summed E-state index contributed by atoms with van der Waals surface area (Å²) in [6.45, 7) is 14.1. The molecule has 1 atom stereocenters. The number of hydrogen-bond acceptors (Lipinski definition) is 6. The lowest BCUT2D eigenvalue weighted by atomic mass is 10.0. The number of tetrazole rings is 1. The highest BCUT2D eigenvalue weighted by molar-refractivity contribution is 7.09. The molecule has 0 saturated heterocycles. The molecule has 0 fully saturated rings. The first-order chi connectivity index (χ1) is 16.7. The van der Waals surface area contributed by atoms with E-state index in [1.165, 1.54) is 16.0 Å². The Morgan fingerprint density at radius 2 is 1.91 bits per heavy atom. The van der Waals surface area contributed by atoms with Crippen LogP contribution in [0.4, 0.5) is 0 Å². The van der Waals surface area contributed by atoms with Gasteiger partial charge in [-0.2, -0.15) is 0 Å². The zero-order valence-corrected chi connectivity index (χ0v) is 22.4. The van der Waals surface area contributed by atoms with Crippen LogP contribution in [0, 0.1) is 13.8 Å². The molecule has 1 N–H and O–H groups in total. The number of pyridine rings is 1. The number of thiophene rings is 1. The summed E-state index contributed by atoms with van der Waals surface area (Å²) in [6, 6.07) is 10.5. The van der Waals surface area contributed by atoms with Crippen molar-refractivity contribution in [1.29, 1.82) is 0 Å². The molecule has 0 aliphatic heterocycles. The molecule has 1 aromatic carbocycles. The number of rotatable bonds is 10. The predicted molar refractivity (Wildman–Crippen MR) is 143 cm³/mol. The van der Waals surface area contributed by atoms with Gasteiger partial charge < -0.3 is 4.98 Å². The molecule has 7 nitrogen and oxygen atoms in total. The van der Waals surface area contributed by atoms with E-state index in [-0.39, 0.29) is 17.1 Å². The number of H-pyrrole nitrogens is 1. The quantitative estimate of drug-likeness (QED) is 0.299. The number of hydrogen-bond donors (Lipinski definition) is 1. The Balaban J connectivity index is 1.78. The summed E-state index contributed by atoms with van der Waals surface area (Å²) in [4.78, 5) is 19.9. The second-order valence-corrected chi connectivity index (χ2v) is 11.1. The van der Waals surface area contributed by atoms with Crippen LogP contribution in [-0.2, 0) is 18.6 Å². The van der Waals surface area contributed by atoms with E-state index in [1.54, 1.807) is 11.3 Å². The van der Waals surface area contributed by atoms with E-state index in [0.717, 1.165) is 48.1 Å². The molecule has 0 saturated carbocycles. The van der Waals surface area contributed by atoms with Gasteiger partial charge in [-0.3, -0.25) is 9.69 Å². The summed E-state index contributed by atoms with van der Waals surface area (Å²) in [5.74, 6) is 0.860. The number of nitrogens with one attached hydrogen (secondary N) is 1. The molecule has 0 spiro atoms. The summed E-state index contributed by atoms with van der Waals surface area (Å²) < 4.78 is 1.98. The Morgan fingerprint density at radius 1 is 1.14 bits per heavy atom. The van der Waals surface area contributed by atoms with Gasteiger partial charge in [0.1, 0.15) is 0 Å². The van der Waals surface area contributed by atoms with Gasteiger partial charge in [0, 0.05) is 29.0 Å². The van der Waals surface area contributed by atoms with Crippen LogP contribution in [0.25, 0.3) is 10.9 Å². The van der Waals surface area contributed by atoms with Crippen molar-refractivity contribution in [2.75, 3.05) is 0 Å². The molecule has 0 unspecified atom stereocenters. The second kappa shape index (κ2) is 10.4. The first kappa shape index (κ1) is 25.3. The maximum absolute atomic E-state index is 13.2. The Hall–Kier alpha value is -2.84. The Labute approximate surface area is 211 Å². The van der Waals surface area contributed by atoms with Crippen molar-refractivity contribution in [3.8, 4) is 0 Å². The zero-order chi connectivity index (χ0) is 25.2. The molecule has 35 heavy (non-hydrogen) atoms. The summed E-state index contributed by atoms with van der Waals surface area (Å²) in [7, 11) is 0. The van der Waals surface area contributed by atoms with Crippen molar-refractivity contribution >= 4 is 22.2 Å². The Kier molecular flexibility index (Phi) is 7.52. The molecule has 4 aromatic rings. The molecule has 4 rings (SSSR count). The normalized spacial score (nSPS) is 13.1. The molecule has 3 heterocycles. The van der Waals surface area contributed by atoms with Crippen molar-refractivity contribution in [2.24, 2.45) is 0 Å². The summed E-state index contributed by atoms with van der Waals surface area (Å²) in [6.07, 6.45) is 2.80. The lowest BCUT2D eigenvalue weighted by molar-refractivity contribution is 0.147. The van der Waals surface area contributed by atoms with Gasteiger partial charge in [-0.05, 0) is 97.1 Å². The highest BCUT2D eigenvalue weighted by Crippen LogP contribution is 2.32. The van der Waals surface area contributed by atoms with Gasteiger partial charge in [-0.15, -0.1) is 16.4 Å². The van der Waals surface area contributed by atoms with Crippen LogP contribution in [0.3, 0.4) is 0 Å². The number of benzene rings is 1. The number of aryl methyl sites for hydroxylation is 2. The van der Waals surface area contributed by atoms with Gasteiger partial charge in [-0.1, -0.05) is 26.3 Å². The maximum Gasteiger partial charge on any atom is 0.252 e. The van der Waals surface area contributed by atoms with E-state index in [1.807, 2.05) is 10.7 Å². The smallest absolute Gasteiger partial charge is 0.252 e. The summed E-state index contributed by atoms with van der Waals surface area (Å²) >= 11 is 1.73. The largest absolute Gasteiger partial charge is 0.322 e. The van der Waals surface area contributed by atoms with E-state index in [9.17, 15) is 4.79 Å².